The van der Waals surface area contributed by atoms with Crippen LogP contribution in [0.2, 0.25) is 0 Å². The Bertz CT molecular complexity index is 1050. The Kier molecular flexibility index (Phi) is 43.5. The highest BCUT2D eigenvalue weighted by molar-refractivity contribution is 7.47. The molecule has 0 aliphatic carbocycles. The molecule has 362 valence electrons. The Labute approximate surface area is 379 Å². The summed E-state index contributed by atoms with van der Waals surface area (Å²) >= 11 is 0. The average molecular weight is 884 g/mol. The van der Waals surface area contributed by atoms with Crippen molar-refractivity contribution in [2.75, 3.05) is 40.9 Å². The third-order valence-corrected chi connectivity index (χ3v) is 12.9. The number of unbranched alkanes of at least 4 members (excludes halogenated alkanes) is 31. The highest BCUT2D eigenvalue weighted by Crippen LogP contribution is 2.43. The largest absolute Gasteiger partial charge is 0.472 e. The molecule has 0 spiro atoms. The molecule has 0 saturated carbocycles. The van der Waals surface area contributed by atoms with E-state index in [0.717, 1.165) is 44.9 Å². The number of amides is 1. The van der Waals surface area contributed by atoms with E-state index in [2.05, 4.69) is 43.5 Å². The molecule has 61 heavy (non-hydrogen) atoms. The quantitative estimate of drug-likeness (QED) is 0.0243. The van der Waals surface area contributed by atoms with Crippen molar-refractivity contribution in [2.45, 2.75) is 264 Å². The first-order valence-corrected chi connectivity index (χ1v) is 27.7. The number of allylic oxidation sites excluding steroid dienone is 4. The first kappa shape index (κ1) is 60.0. The molecule has 0 aliphatic heterocycles. The van der Waals surface area contributed by atoms with Crippen molar-refractivity contribution in [3.8, 4) is 0 Å². The molecule has 0 radical (unpaired) electrons. The Morgan fingerprint density at radius 2 is 0.934 bits per heavy atom. The minimum Gasteiger partial charge on any atom is -0.391 e. The van der Waals surface area contributed by atoms with Crippen LogP contribution in [0.15, 0.2) is 24.3 Å². The second-order valence-corrected chi connectivity index (χ2v) is 20.7. The van der Waals surface area contributed by atoms with Crippen LogP contribution in [0.25, 0.3) is 0 Å². The van der Waals surface area contributed by atoms with E-state index in [1.165, 1.54) is 180 Å². The van der Waals surface area contributed by atoms with Gasteiger partial charge in [-0.2, -0.15) is 0 Å². The van der Waals surface area contributed by atoms with Gasteiger partial charge in [0.1, 0.15) is 13.2 Å². The normalized spacial score (nSPS) is 14.3. The minimum atomic E-state index is -4.31. The summed E-state index contributed by atoms with van der Waals surface area (Å²) in [5.74, 6) is -0.144. The molecule has 0 heterocycles. The molecular formula is C52H104N2O6P+. The third kappa shape index (κ3) is 46.8. The Hall–Kier alpha value is -1.02. The summed E-state index contributed by atoms with van der Waals surface area (Å²) in [6.07, 6.45) is 54.0. The molecule has 0 bridgehead atoms. The molecule has 3 unspecified atom stereocenters. The number of quaternary nitrogens is 1. The molecular weight excluding hydrogens is 780 g/mol. The van der Waals surface area contributed by atoms with Crippen molar-refractivity contribution >= 4 is 13.7 Å². The highest BCUT2D eigenvalue weighted by atomic mass is 31.2. The summed E-state index contributed by atoms with van der Waals surface area (Å²) in [5.41, 5.74) is 0. The van der Waals surface area contributed by atoms with Gasteiger partial charge >= 0.3 is 7.82 Å². The third-order valence-electron chi connectivity index (χ3n) is 12.0. The maximum absolute atomic E-state index is 12.9. The molecule has 3 atom stereocenters. The van der Waals surface area contributed by atoms with E-state index in [-0.39, 0.29) is 19.1 Å². The first-order chi connectivity index (χ1) is 29.5. The molecule has 0 fully saturated rings. The van der Waals surface area contributed by atoms with Gasteiger partial charge in [0.25, 0.3) is 0 Å². The lowest BCUT2D eigenvalue weighted by molar-refractivity contribution is -0.870. The second-order valence-electron chi connectivity index (χ2n) is 19.3. The molecule has 0 rings (SSSR count). The van der Waals surface area contributed by atoms with Gasteiger partial charge in [-0.3, -0.25) is 13.8 Å². The predicted octanol–water partition coefficient (Wildman–Crippen LogP) is 15.3. The van der Waals surface area contributed by atoms with Crippen molar-refractivity contribution in [1.29, 1.82) is 0 Å². The lowest BCUT2D eigenvalue weighted by Gasteiger charge is -2.26. The van der Waals surface area contributed by atoms with Crippen LogP contribution in [0, 0.1) is 0 Å². The van der Waals surface area contributed by atoms with Crippen molar-refractivity contribution in [2.24, 2.45) is 0 Å². The van der Waals surface area contributed by atoms with Crippen molar-refractivity contribution in [1.82, 2.24) is 5.32 Å². The van der Waals surface area contributed by atoms with E-state index in [4.69, 9.17) is 9.05 Å². The monoisotopic (exact) mass is 884 g/mol. The van der Waals surface area contributed by atoms with Gasteiger partial charge in [-0.15, -0.1) is 0 Å². The van der Waals surface area contributed by atoms with E-state index >= 15 is 0 Å². The van der Waals surface area contributed by atoms with Crippen LogP contribution in [-0.4, -0.2) is 73.4 Å². The smallest absolute Gasteiger partial charge is 0.391 e. The van der Waals surface area contributed by atoms with E-state index < -0.39 is 20.0 Å². The summed E-state index contributed by atoms with van der Waals surface area (Å²) in [6.45, 7) is 4.86. The van der Waals surface area contributed by atoms with Crippen LogP contribution in [-0.2, 0) is 18.4 Å². The average Bonchev–Trinajstić information content (AvgIpc) is 3.21. The van der Waals surface area contributed by atoms with Crippen LogP contribution in [0.5, 0.6) is 0 Å². The zero-order valence-electron chi connectivity index (χ0n) is 41.2. The van der Waals surface area contributed by atoms with Gasteiger partial charge in [0.15, 0.2) is 0 Å². The van der Waals surface area contributed by atoms with Crippen LogP contribution < -0.4 is 5.32 Å². The predicted molar refractivity (Wildman–Crippen MR) is 263 cm³/mol. The summed E-state index contributed by atoms with van der Waals surface area (Å²) < 4.78 is 23.6. The zero-order chi connectivity index (χ0) is 45.0. The number of aliphatic hydroxyl groups excluding tert-OH is 1. The number of hydrogen-bond donors (Lipinski definition) is 3. The molecule has 3 N–H and O–H groups in total. The lowest BCUT2D eigenvalue weighted by Crippen LogP contribution is -2.46. The van der Waals surface area contributed by atoms with Crippen LogP contribution in [0.1, 0.15) is 251 Å². The van der Waals surface area contributed by atoms with E-state index in [1.807, 2.05) is 21.1 Å². The van der Waals surface area contributed by atoms with Gasteiger partial charge in [-0.25, -0.2) is 4.57 Å². The van der Waals surface area contributed by atoms with Crippen LogP contribution in [0.4, 0.5) is 0 Å². The van der Waals surface area contributed by atoms with Gasteiger partial charge in [0.2, 0.25) is 5.91 Å². The number of likely N-dealkylation sites (N-methyl/N-ethyl adjacent to an activating group) is 1. The molecule has 0 aliphatic rings. The van der Waals surface area contributed by atoms with Gasteiger partial charge in [0.05, 0.1) is 39.9 Å². The fourth-order valence-electron chi connectivity index (χ4n) is 7.78. The summed E-state index contributed by atoms with van der Waals surface area (Å²) in [4.78, 5) is 23.1. The van der Waals surface area contributed by atoms with E-state index in [9.17, 15) is 19.4 Å². The topological polar surface area (TPSA) is 105 Å². The van der Waals surface area contributed by atoms with Gasteiger partial charge < -0.3 is 19.8 Å². The van der Waals surface area contributed by atoms with Gasteiger partial charge in [-0.05, 0) is 44.9 Å². The van der Waals surface area contributed by atoms with E-state index in [1.54, 1.807) is 0 Å². The standard InChI is InChI=1S/C52H103N2O6P/c1-6-8-10-12-14-16-17-18-19-20-21-22-23-24-25-26-27-28-29-30-31-32-33-34-35-36-37-38-40-42-44-46-52(56)53-50(49-60-61(57,58)59-48-47-54(3,4)5)51(55)45-43-41-39-15-13-11-9-7-2/h17-18,20-21,50-51,55H,6-16,19,22-49H2,1-5H3,(H-,53,56,57,58)/p+1/b18-17-,21-20-. The first-order valence-electron chi connectivity index (χ1n) is 26.2. The number of nitrogens with zero attached hydrogens (tertiary/aromatic N) is 1. The fourth-order valence-corrected chi connectivity index (χ4v) is 8.52. The number of phosphoric ester groups is 1. The highest BCUT2D eigenvalue weighted by Gasteiger charge is 2.28. The maximum atomic E-state index is 12.9. The summed E-state index contributed by atoms with van der Waals surface area (Å²) in [6, 6.07) is -0.755. The molecule has 0 aromatic carbocycles. The van der Waals surface area contributed by atoms with Crippen LogP contribution >= 0.6 is 7.82 Å². The number of phosphoric acid groups is 1. The summed E-state index contributed by atoms with van der Waals surface area (Å²) in [5, 5.41) is 13.9. The van der Waals surface area contributed by atoms with Gasteiger partial charge in [0, 0.05) is 6.42 Å². The molecule has 8 nitrogen and oxygen atoms in total. The lowest BCUT2D eigenvalue weighted by atomic mass is 10.0. The summed E-state index contributed by atoms with van der Waals surface area (Å²) in [7, 11) is 1.62. The van der Waals surface area contributed by atoms with Crippen molar-refractivity contribution in [3.05, 3.63) is 24.3 Å². The number of hydrogen-bond acceptors (Lipinski definition) is 5. The van der Waals surface area contributed by atoms with Crippen molar-refractivity contribution < 1.29 is 32.9 Å². The van der Waals surface area contributed by atoms with Crippen molar-refractivity contribution in [3.63, 3.8) is 0 Å². The minimum absolute atomic E-state index is 0.0762. The Morgan fingerprint density at radius 1 is 0.557 bits per heavy atom. The molecule has 0 aromatic rings. The van der Waals surface area contributed by atoms with Gasteiger partial charge in [-0.1, -0.05) is 224 Å². The fraction of sp³-hybridized carbons (Fsp3) is 0.904. The molecule has 0 aromatic heterocycles. The second kappa shape index (κ2) is 44.2. The molecule has 1 amide bonds. The Morgan fingerprint density at radius 3 is 1.34 bits per heavy atom. The zero-order valence-corrected chi connectivity index (χ0v) is 42.1. The maximum Gasteiger partial charge on any atom is 0.472 e. The Balaban J connectivity index is 3.90. The number of nitrogens with one attached hydrogen (secondary N) is 1. The number of carbonyl (C=O) groups excluding carboxylic acids is 1. The SMILES string of the molecule is CCCCCCC/C=C\C/C=C\CCCCCCCCCCCCCCCCCCCCCC(=O)NC(COP(=O)(O)OCC[N+](C)(C)C)C(O)CCCCCCCCCC. The number of aliphatic hydroxyl groups is 1. The number of carbonyl (C=O) groups is 1. The molecule has 0 saturated heterocycles. The van der Waals surface area contributed by atoms with Crippen LogP contribution in [0.3, 0.4) is 0 Å². The van der Waals surface area contributed by atoms with E-state index in [0.29, 0.717) is 23.9 Å². The number of rotatable bonds is 48. The molecule has 9 heteroatoms.